The number of carbonyl (C=O) groups is 1. The van der Waals surface area contributed by atoms with Gasteiger partial charge in [-0.1, -0.05) is 29.8 Å². The minimum atomic E-state index is -0.292. The van der Waals surface area contributed by atoms with Crippen molar-refractivity contribution >= 4 is 17.5 Å². The molecule has 0 radical (unpaired) electrons. The van der Waals surface area contributed by atoms with Crippen molar-refractivity contribution in [3.8, 4) is 28.4 Å². The smallest absolute Gasteiger partial charge is 0.270 e. The molecule has 1 amide bonds. The van der Waals surface area contributed by atoms with Gasteiger partial charge in [-0.15, -0.1) is 0 Å². The fraction of sp³-hybridized carbons (Fsp3) is 0.125. The molecule has 32 heavy (non-hydrogen) atoms. The van der Waals surface area contributed by atoms with Crippen molar-refractivity contribution in [2.45, 2.75) is 6.54 Å². The third-order valence-corrected chi connectivity index (χ3v) is 5.20. The van der Waals surface area contributed by atoms with Crippen LogP contribution in [0.4, 0.5) is 0 Å². The van der Waals surface area contributed by atoms with Gasteiger partial charge in [-0.3, -0.25) is 9.78 Å². The highest BCUT2D eigenvalue weighted by Gasteiger charge is 2.21. The van der Waals surface area contributed by atoms with Crippen LogP contribution in [0.1, 0.15) is 16.1 Å². The highest BCUT2D eigenvalue weighted by molar-refractivity contribution is 6.32. The number of rotatable bonds is 7. The average Bonchev–Trinajstić information content (AvgIpc) is 3.28. The van der Waals surface area contributed by atoms with E-state index in [2.05, 4.69) is 15.4 Å². The molecule has 7 nitrogen and oxygen atoms in total. The Kier molecular flexibility index (Phi) is 6.37. The molecule has 0 unspecified atom stereocenters. The second-order valence-electron chi connectivity index (χ2n) is 6.89. The molecule has 0 aliphatic carbocycles. The molecule has 0 aliphatic heterocycles. The van der Waals surface area contributed by atoms with E-state index >= 15 is 0 Å². The summed E-state index contributed by atoms with van der Waals surface area (Å²) >= 11 is 6.42. The molecule has 0 fully saturated rings. The molecule has 0 spiro atoms. The number of hydrogen-bond acceptors (Lipinski definition) is 5. The number of ether oxygens (including phenoxy) is 2. The molecule has 162 valence electrons. The van der Waals surface area contributed by atoms with Gasteiger partial charge in [0.25, 0.3) is 5.91 Å². The van der Waals surface area contributed by atoms with E-state index in [1.54, 1.807) is 49.5 Å². The summed E-state index contributed by atoms with van der Waals surface area (Å²) in [6.45, 7) is 0.335. The molecule has 0 saturated carbocycles. The highest BCUT2D eigenvalue weighted by Crippen LogP contribution is 2.34. The number of halogens is 1. The lowest BCUT2D eigenvalue weighted by atomic mass is 10.1. The summed E-state index contributed by atoms with van der Waals surface area (Å²) in [6, 6.07) is 18.1. The molecule has 0 bridgehead atoms. The van der Waals surface area contributed by atoms with Crippen molar-refractivity contribution in [3.05, 3.63) is 89.3 Å². The summed E-state index contributed by atoms with van der Waals surface area (Å²) in [5, 5.41) is 8.09. The summed E-state index contributed by atoms with van der Waals surface area (Å²) in [7, 11) is 3.16. The second-order valence-corrected chi connectivity index (χ2v) is 7.30. The first kappa shape index (κ1) is 21.4. The number of aromatic nitrogens is 3. The van der Waals surface area contributed by atoms with Crippen LogP contribution in [0.5, 0.6) is 11.5 Å². The number of pyridine rings is 1. The molecule has 1 N–H and O–H groups in total. The lowest BCUT2D eigenvalue weighted by Crippen LogP contribution is -2.25. The predicted molar refractivity (Wildman–Crippen MR) is 123 cm³/mol. The number of benzene rings is 2. The van der Waals surface area contributed by atoms with E-state index in [-0.39, 0.29) is 5.91 Å². The van der Waals surface area contributed by atoms with Crippen molar-refractivity contribution in [2.75, 3.05) is 14.2 Å². The van der Waals surface area contributed by atoms with E-state index < -0.39 is 0 Å². The van der Waals surface area contributed by atoms with Gasteiger partial charge in [0.05, 0.1) is 30.6 Å². The van der Waals surface area contributed by atoms with Crippen LogP contribution in [0.2, 0.25) is 5.02 Å². The van der Waals surface area contributed by atoms with E-state index in [0.717, 1.165) is 11.1 Å². The number of amides is 1. The van der Waals surface area contributed by atoms with Crippen LogP contribution in [-0.2, 0) is 6.54 Å². The van der Waals surface area contributed by atoms with Crippen LogP contribution in [0, 0.1) is 0 Å². The van der Waals surface area contributed by atoms with Gasteiger partial charge in [0.2, 0.25) is 0 Å². The van der Waals surface area contributed by atoms with Crippen LogP contribution in [0.25, 0.3) is 16.9 Å². The normalized spacial score (nSPS) is 10.6. The third kappa shape index (κ3) is 4.43. The fourth-order valence-corrected chi connectivity index (χ4v) is 3.48. The van der Waals surface area contributed by atoms with E-state index in [9.17, 15) is 4.79 Å². The summed E-state index contributed by atoms with van der Waals surface area (Å²) in [4.78, 5) is 17.2. The van der Waals surface area contributed by atoms with E-state index in [0.29, 0.717) is 40.1 Å². The number of carbonyl (C=O) groups excluding carboxylic acids is 1. The second kappa shape index (κ2) is 9.53. The molecule has 2 aromatic heterocycles. The van der Waals surface area contributed by atoms with Gasteiger partial charge in [-0.25, -0.2) is 4.68 Å². The molecule has 0 atom stereocenters. The minimum Gasteiger partial charge on any atom is -0.497 e. The Bertz CT molecular complexity index is 1240. The van der Waals surface area contributed by atoms with Crippen molar-refractivity contribution in [2.24, 2.45) is 0 Å². The Morgan fingerprint density at radius 2 is 1.91 bits per heavy atom. The number of hydrogen-bond donors (Lipinski definition) is 1. The molecular formula is C24H21ClN4O3. The maximum Gasteiger partial charge on any atom is 0.270 e. The van der Waals surface area contributed by atoms with Gasteiger partial charge in [-0.05, 0) is 42.0 Å². The molecule has 8 heteroatoms. The lowest BCUT2D eigenvalue weighted by Gasteiger charge is -2.10. The van der Waals surface area contributed by atoms with Gasteiger partial charge < -0.3 is 14.8 Å². The monoisotopic (exact) mass is 448 g/mol. The zero-order valence-corrected chi connectivity index (χ0v) is 18.3. The largest absolute Gasteiger partial charge is 0.497 e. The Morgan fingerprint density at radius 3 is 2.62 bits per heavy atom. The average molecular weight is 449 g/mol. The molecule has 0 saturated heterocycles. The van der Waals surface area contributed by atoms with Gasteiger partial charge >= 0.3 is 0 Å². The van der Waals surface area contributed by atoms with Crippen LogP contribution in [0.15, 0.2) is 73.1 Å². The molecule has 2 aromatic carbocycles. The van der Waals surface area contributed by atoms with Gasteiger partial charge in [-0.2, -0.15) is 5.10 Å². The fourth-order valence-electron chi connectivity index (χ4n) is 3.27. The Morgan fingerprint density at radius 1 is 1.06 bits per heavy atom. The number of methoxy groups -OCH3 is 2. The zero-order valence-electron chi connectivity index (χ0n) is 17.6. The number of nitrogens with one attached hydrogen (secondary N) is 1. The van der Waals surface area contributed by atoms with Crippen LogP contribution in [0.3, 0.4) is 0 Å². The van der Waals surface area contributed by atoms with Gasteiger partial charge in [0.1, 0.15) is 17.2 Å². The van der Waals surface area contributed by atoms with Crippen molar-refractivity contribution in [1.82, 2.24) is 20.1 Å². The summed E-state index contributed by atoms with van der Waals surface area (Å²) in [6.07, 6.45) is 3.39. The van der Waals surface area contributed by atoms with Crippen LogP contribution in [-0.4, -0.2) is 34.9 Å². The van der Waals surface area contributed by atoms with Crippen molar-refractivity contribution < 1.29 is 14.3 Å². The van der Waals surface area contributed by atoms with Crippen LogP contribution >= 0.6 is 11.6 Å². The standard InChI is InChI=1S/C24H21ClN4O3/c1-31-17-9-10-18(23(12-17)32-2)20-13-22(24(30)27-15-16-6-5-11-26-14-16)29(28-20)21-8-4-3-7-19(21)25/h3-14H,15H2,1-2H3,(H,27,30). The highest BCUT2D eigenvalue weighted by atomic mass is 35.5. The van der Waals surface area contributed by atoms with Crippen molar-refractivity contribution in [3.63, 3.8) is 0 Å². The Labute approximate surface area is 190 Å². The van der Waals surface area contributed by atoms with Gasteiger partial charge in [0.15, 0.2) is 0 Å². The van der Waals surface area contributed by atoms with E-state index in [4.69, 9.17) is 21.1 Å². The zero-order chi connectivity index (χ0) is 22.5. The summed E-state index contributed by atoms with van der Waals surface area (Å²) < 4.78 is 12.3. The van der Waals surface area contributed by atoms with Gasteiger partial charge in [0, 0.05) is 30.6 Å². The van der Waals surface area contributed by atoms with E-state index in [1.165, 1.54) is 0 Å². The molecule has 4 rings (SSSR count). The number of nitrogens with zero attached hydrogens (tertiary/aromatic N) is 3. The third-order valence-electron chi connectivity index (χ3n) is 4.88. The SMILES string of the molecule is COc1ccc(-c2cc(C(=O)NCc3cccnc3)n(-c3ccccc3Cl)n2)c(OC)c1. The summed E-state index contributed by atoms with van der Waals surface area (Å²) in [5.74, 6) is 0.945. The first-order valence-electron chi connectivity index (χ1n) is 9.85. The van der Waals surface area contributed by atoms with Crippen molar-refractivity contribution in [1.29, 1.82) is 0 Å². The first-order chi connectivity index (χ1) is 15.6. The Hall–Kier alpha value is -3.84. The quantitative estimate of drug-likeness (QED) is 0.449. The molecule has 2 heterocycles. The molecular weight excluding hydrogens is 428 g/mol. The predicted octanol–water partition coefficient (Wildman–Crippen LogP) is 4.53. The molecule has 4 aromatic rings. The first-order valence-corrected chi connectivity index (χ1v) is 10.2. The van der Waals surface area contributed by atoms with Crippen LogP contribution < -0.4 is 14.8 Å². The summed E-state index contributed by atoms with van der Waals surface area (Å²) in [5.41, 5.74) is 3.12. The Balaban J connectivity index is 1.76. The maximum absolute atomic E-state index is 13.1. The van der Waals surface area contributed by atoms with E-state index in [1.807, 2.05) is 42.5 Å². The topological polar surface area (TPSA) is 78.3 Å². The molecule has 0 aliphatic rings. The maximum atomic E-state index is 13.1. The lowest BCUT2D eigenvalue weighted by molar-refractivity contribution is 0.0943. The number of para-hydroxylation sites is 1. The minimum absolute atomic E-state index is 0.292.